The molecule has 2 heterocycles. The number of nitrogens with one attached hydrogen (secondary N) is 2. The van der Waals surface area contributed by atoms with Crippen LogP contribution in [-0.4, -0.2) is 34.6 Å². The standard InChI is InChI=1S/C26H34N6/c1-19-8-11-22(12-9-19)14-15-27-24-29-25(28-23-13-10-20(2)21(3)18-23)31-26(30-24)32-16-6-4-5-7-17-32/h8-13,18H,4-7,14-17H2,1-3H3,(H2,27,28,29,30,31). The van der Waals surface area contributed by atoms with Gasteiger partial charge in [-0.15, -0.1) is 0 Å². The topological polar surface area (TPSA) is 66.0 Å². The van der Waals surface area contributed by atoms with Crippen LogP contribution < -0.4 is 15.5 Å². The maximum absolute atomic E-state index is 4.77. The highest BCUT2D eigenvalue weighted by atomic mass is 15.3. The van der Waals surface area contributed by atoms with E-state index in [-0.39, 0.29) is 0 Å². The summed E-state index contributed by atoms with van der Waals surface area (Å²) in [7, 11) is 0. The molecule has 6 heteroatoms. The molecule has 32 heavy (non-hydrogen) atoms. The summed E-state index contributed by atoms with van der Waals surface area (Å²) in [5.74, 6) is 1.96. The number of rotatable bonds is 7. The largest absolute Gasteiger partial charge is 0.354 e. The molecule has 0 atom stereocenters. The smallest absolute Gasteiger partial charge is 0.233 e. The van der Waals surface area contributed by atoms with Gasteiger partial charge in [0, 0.05) is 25.3 Å². The Balaban J connectivity index is 1.53. The van der Waals surface area contributed by atoms with E-state index in [0.717, 1.165) is 37.7 Å². The molecular formula is C26H34N6. The van der Waals surface area contributed by atoms with Crippen LogP contribution in [0, 0.1) is 20.8 Å². The van der Waals surface area contributed by atoms with E-state index in [9.17, 15) is 0 Å². The van der Waals surface area contributed by atoms with Gasteiger partial charge in [0.25, 0.3) is 0 Å². The minimum Gasteiger partial charge on any atom is -0.354 e. The number of aryl methyl sites for hydroxylation is 3. The lowest BCUT2D eigenvalue weighted by molar-refractivity contribution is 0.726. The number of benzene rings is 2. The molecule has 0 unspecified atom stereocenters. The highest BCUT2D eigenvalue weighted by molar-refractivity contribution is 5.57. The van der Waals surface area contributed by atoms with E-state index in [1.807, 2.05) is 0 Å². The van der Waals surface area contributed by atoms with Gasteiger partial charge in [-0.1, -0.05) is 48.7 Å². The zero-order chi connectivity index (χ0) is 22.3. The van der Waals surface area contributed by atoms with Crippen LogP contribution in [0.25, 0.3) is 0 Å². The maximum atomic E-state index is 4.77. The van der Waals surface area contributed by atoms with Crippen molar-refractivity contribution in [2.45, 2.75) is 52.9 Å². The predicted molar refractivity (Wildman–Crippen MR) is 133 cm³/mol. The molecule has 1 aliphatic heterocycles. The molecule has 168 valence electrons. The summed E-state index contributed by atoms with van der Waals surface area (Å²) >= 11 is 0. The van der Waals surface area contributed by atoms with Crippen molar-refractivity contribution in [2.24, 2.45) is 0 Å². The van der Waals surface area contributed by atoms with Gasteiger partial charge in [0.2, 0.25) is 17.8 Å². The maximum Gasteiger partial charge on any atom is 0.233 e. The zero-order valence-corrected chi connectivity index (χ0v) is 19.5. The van der Waals surface area contributed by atoms with Crippen molar-refractivity contribution >= 4 is 23.5 Å². The first-order valence-corrected chi connectivity index (χ1v) is 11.7. The van der Waals surface area contributed by atoms with Gasteiger partial charge in [-0.3, -0.25) is 0 Å². The summed E-state index contributed by atoms with van der Waals surface area (Å²) in [6.07, 6.45) is 5.84. The first-order valence-electron chi connectivity index (χ1n) is 11.7. The Kier molecular flexibility index (Phi) is 7.20. The lowest BCUT2D eigenvalue weighted by Crippen LogP contribution is -2.27. The van der Waals surface area contributed by atoms with Crippen molar-refractivity contribution in [1.29, 1.82) is 0 Å². The zero-order valence-electron chi connectivity index (χ0n) is 19.5. The fourth-order valence-corrected chi connectivity index (χ4v) is 3.93. The van der Waals surface area contributed by atoms with Gasteiger partial charge in [0.1, 0.15) is 0 Å². The quantitative estimate of drug-likeness (QED) is 0.510. The Hall–Kier alpha value is -3.15. The first-order chi connectivity index (χ1) is 15.6. The van der Waals surface area contributed by atoms with E-state index in [1.54, 1.807) is 0 Å². The summed E-state index contributed by atoms with van der Waals surface area (Å²) < 4.78 is 0. The molecule has 2 aromatic carbocycles. The normalized spacial score (nSPS) is 14.2. The molecule has 1 aromatic heterocycles. The fraction of sp³-hybridized carbons (Fsp3) is 0.423. The molecule has 1 fully saturated rings. The summed E-state index contributed by atoms with van der Waals surface area (Å²) in [4.78, 5) is 16.5. The summed E-state index contributed by atoms with van der Waals surface area (Å²) in [5.41, 5.74) is 6.09. The van der Waals surface area contributed by atoms with Crippen LogP contribution in [0.3, 0.4) is 0 Å². The molecule has 0 saturated carbocycles. The van der Waals surface area contributed by atoms with Crippen LogP contribution in [0.5, 0.6) is 0 Å². The Bertz CT molecular complexity index is 1020. The second-order valence-corrected chi connectivity index (χ2v) is 8.77. The van der Waals surface area contributed by atoms with E-state index in [4.69, 9.17) is 9.97 Å². The number of aromatic nitrogens is 3. The van der Waals surface area contributed by atoms with Crippen LogP contribution in [0.4, 0.5) is 23.5 Å². The Morgan fingerprint density at radius 1 is 0.781 bits per heavy atom. The summed E-state index contributed by atoms with van der Waals surface area (Å²) in [6.45, 7) is 9.12. The average molecular weight is 431 g/mol. The SMILES string of the molecule is Cc1ccc(CCNc2nc(Nc3ccc(C)c(C)c3)nc(N3CCCCCC3)n2)cc1. The third kappa shape index (κ3) is 5.96. The van der Waals surface area contributed by atoms with E-state index in [0.29, 0.717) is 11.9 Å². The van der Waals surface area contributed by atoms with Gasteiger partial charge in [-0.05, 0) is 68.9 Å². The van der Waals surface area contributed by atoms with Gasteiger partial charge in [0.15, 0.2) is 0 Å². The van der Waals surface area contributed by atoms with Crippen LogP contribution >= 0.6 is 0 Å². The Morgan fingerprint density at radius 2 is 1.50 bits per heavy atom. The number of nitrogens with zero attached hydrogens (tertiary/aromatic N) is 4. The van der Waals surface area contributed by atoms with E-state index in [1.165, 1.54) is 47.9 Å². The fourth-order valence-electron chi connectivity index (χ4n) is 3.93. The molecule has 6 nitrogen and oxygen atoms in total. The number of hydrogen-bond donors (Lipinski definition) is 2. The molecule has 1 aliphatic rings. The van der Waals surface area contributed by atoms with E-state index in [2.05, 4.69) is 83.8 Å². The van der Waals surface area contributed by atoms with Crippen molar-refractivity contribution in [3.05, 3.63) is 64.7 Å². The van der Waals surface area contributed by atoms with Crippen molar-refractivity contribution < 1.29 is 0 Å². The second-order valence-electron chi connectivity index (χ2n) is 8.77. The molecule has 2 N–H and O–H groups in total. The predicted octanol–water partition coefficient (Wildman–Crippen LogP) is 5.58. The molecule has 0 spiro atoms. The highest BCUT2D eigenvalue weighted by Gasteiger charge is 2.16. The summed E-state index contributed by atoms with van der Waals surface area (Å²) in [5, 5.41) is 6.81. The molecule has 0 aliphatic carbocycles. The van der Waals surface area contributed by atoms with Crippen LogP contribution in [0.15, 0.2) is 42.5 Å². The number of anilines is 4. The van der Waals surface area contributed by atoms with Crippen molar-refractivity contribution in [2.75, 3.05) is 35.2 Å². The molecule has 0 bridgehead atoms. The van der Waals surface area contributed by atoms with Gasteiger partial charge < -0.3 is 15.5 Å². The van der Waals surface area contributed by atoms with Crippen molar-refractivity contribution in [1.82, 2.24) is 15.0 Å². The monoisotopic (exact) mass is 430 g/mol. The van der Waals surface area contributed by atoms with E-state index < -0.39 is 0 Å². The minimum absolute atomic E-state index is 0.584. The lowest BCUT2D eigenvalue weighted by atomic mass is 10.1. The summed E-state index contributed by atoms with van der Waals surface area (Å²) in [6, 6.07) is 15.0. The molecular weight excluding hydrogens is 396 g/mol. The lowest BCUT2D eigenvalue weighted by Gasteiger charge is -2.21. The highest BCUT2D eigenvalue weighted by Crippen LogP contribution is 2.22. The molecule has 0 radical (unpaired) electrons. The molecule has 4 rings (SSSR count). The third-order valence-electron chi connectivity index (χ3n) is 6.09. The number of hydrogen-bond acceptors (Lipinski definition) is 6. The van der Waals surface area contributed by atoms with E-state index >= 15 is 0 Å². The van der Waals surface area contributed by atoms with Gasteiger partial charge in [0.05, 0.1) is 0 Å². The average Bonchev–Trinajstić information content (AvgIpc) is 3.07. The van der Waals surface area contributed by atoms with Crippen molar-refractivity contribution in [3.8, 4) is 0 Å². The van der Waals surface area contributed by atoms with Gasteiger partial charge in [-0.25, -0.2) is 0 Å². The molecule has 1 saturated heterocycles. The second kappa shape index (κ2) is 10.4. The minimum atomic E-state index is 0.584. The van der Waals surface area contributed by atoms with Crippen LogP contribution in [-0.2, 0) is 6.42 Å². The van der Waals surface area contributed by atoms with Crippen LogP contribution in [0.2, 0.25) is 0 Å². The first kappa shape index (κ1) is 22.1. The molecule has 3 aromatic rings. The van der Waals surface area contributed by atoms with Crippen molar-refractivity contribution in [3.63, 3.8) is 0 Å². The van der Waals surface area contributed by atoms with Gasteiger partial charge in [-0.2, -0.15) is 15.0 Å². The third-order valence-corrected chi connectivity index (χ3v) is 6.09. The molecule has 0 amide bonds. The Morgan fingerprint density at radius 3 is 2.22 bits per heavy atom. The Labute approximate surface area is 191 Å². The van der Waals surface area contributed by atoms with Crippen LogP contribution in [0.1, 0.15) is 47.9 Å². The van der Waals surface area contributed by atoms with Gasteiger partial charge >= 0.3 is 0 Å².